The normalized spacial score (nSPS) is 18.2. The number of piperidine rings is 1. The van der Waals surface area contributed by atoms with Crippen LogP contribution in [0.15, 0.2) is 54.0 Å². The van der Waals surface area contributed by atoms with Gasteiger partial charge in [-0.3, -0.25) is 4.90 Å². The third-order valence-corrected chi connectivity index (χ3v) is 6.36. The summed E-state index contributed by atoms with van der Waals surface area (Å²) in [6.07, 6.45) is 5.73. The minimum atomic E-state index is 0.477. The molecule has 2 aromatic carbocycles. The number of benzene rings is 2. The van der Waals surface area contributed by atoms with Gasteiger partial charge in [0.05, 0.1) is 0 Å². The van der Waals surface area contributed by atoms with E-state index in [1.807, 2.05) is 6.20 Å². The van der Waals surface area contributed by atoms with Gasteiger partial charge in [-0.2, -0.15) is 0 Å². The first-order chi connectivity index (χ1) is 12.7. The third kappa shape index (κ3) is 3.60. The predicted molar refractivity (Wildman–Crippen MR) is 110 cm³/mol. The second kappa shape index (κ2) is 7.73. The summed E-state index contributed by atoms with van der Waals surface area (Å²) in [6.45, 7) is 6.60. The van der Waals surface area contributed by atoms with Crippen molar-refractivity contribution < 1.29 is 0 Å². The molecule has 3 heteroatoms. The molecule has 0 bridgehead atoms. The average molecular weight is 363 g/mol. The molecule has 2 heterocycles. The standard InChI is InChI=1S/C23H26N2S/c1-17-10-11-19(15-18(17)2)16-25-13-6-5-9-22(25)20-7-3-4-8-21(20)23-24-12-14-26-23/h3-4,7-8,10-12,14-15,22H,5-6,9,13,16H2,1-2H3. The fourth-order valence-corrected chi connectivity index (χ4v) is 4.69. The van der Waals surface area contributed by atoms with Gasteiger partial charge in [-0.1, -0.05) is 48.9 Å². The Morgan fingerprint density at radius 3 is 2.77 bits per heavy atom. The predicted octanol–water partition coefficient (Wildman–Crippen LogP) is 6.15. The molecule has 134 valence electrons. The number of aromatic nitrogens is 1. The molecule has 1 aromatic heterocycles. The molecule has 0 spiro atoms. The summed E-state index contributed by atoms with van der Waals surface area (Å²) in [4.78, 5) is 7.24. The van der Waals surface area contributed by atoms with Crippen molar-refractivity contribution in [1.29, 1.82) is 0 Å². The Hall–Kier alpha value is -1.97. The van der Waals surface area contributed by atoms with E-state index in [1.54, 1.807) is 11.3 Å². The van der Waals surface area contributed by atoms with E-state index < -0.39 is 0 Å². The number of likely N-dealkylation sites (tertiary alicyclic amines) is 1. The van der Waals surface area contributed by atoms with E-state index in [9.17, 15) is 0 Å². The maximum absolute atomic E-state index is 4.57. The highest BCUT2D eigenvalue weighted by atomic mass is 32.1. The number of thiazole rings is 1. The molecule has 0 N–H and O–H groups in total. The van der Waals surface area contributed by atoms with Crippen LogP contribution in [-0.4, -0.2) is 16.4 Å². The van der Waals surface area contributed by atoms with E-state index in [0.717, 1.165) is 11.6 Å². The fourth-order valence-electron chi connectivity index (χ4n) is 4.01. The highest BCUT2D eigenvalue weighted by Gasteiger charge is 2.26. The van der Waals surface area contributed by atoms with Crippen LogP contribution in [0.1, 0.15) is 47.6 Å². The zero-order chi connectivity index (χ0) is 17.9. The molecule has 1 saturated heterocycles. The minimum Gasteiger partial charge on any atom is -0.292 e. The van der Waals surface area contributed by atoms with Crippen molar-refractivity contribution in [3.8, 4) is 10.6 Å². The highest BCUT2D eigenvalue weighted by Crippen LogP contribution is 2.38. The van der Waals surface area contributed by atoms with E-state index in [-0.39, 0.29) is 0 Å². The van der Waals surface area contributed by atoms with Crippen molar-refractivity contribution in [2.75, 3.05) is 6.54 Å². The molecule has 1 unspecified atom stereocenters. The maximum Gasteiger partial charge on any atom is 0.123 e. The molecule has 3 aromatic rings. The second-order valence-corrected chi connectivity index (χ2v) is 8.22. The summed E-state index contributed by atoms with van der Waals surface area (Å²) in [6, 6.07) is 16.2. The molecule has 26 heavy (non-hydrogen) atoms. The average Bonchev–Trinajstić information content (AvgIpc) is 3.20. The van der Waals surface area contributed by atoms with Crippen molar-refractivity contribution in [3.05, 3.63) is 76.3 Å². The monoisotopic (exact) mass is 362 g/mol. The van der Waals surface area contributed by atoms with Gasteiger partial charge in [0.2, 0.25) is 0 Å². The van der Waals surface area contributed by atoms with E-state index >= 15 is 0 Å². The lowest BCUT2D eigenvalue weighted by Gasteiger charge is -2.37. The van der Waals surface area contributed by atoms with Gasteiger partial charge in [-0.05, 0) is 55.5 Å². The molecular weight excluding hydrogens is 336 g/mol. The van der Waals surface area contributed by atoms with Crippen LogP contribution in [0.2, 0.25) is 0 Å². The number of nitrogens with zero attached hydrogens (tertiary/aromatic N) is 2. The van der Waals surface area contributed by atoms with Gasteiger partial charge >= 0.3 is 0 Å². The van der Waals surface area contributed by atoms with Crippen molar-refractivity contribution in [3.63, 3.8) is 0 Å². The van der Waals surface area contributed by atoms with E-state index in [1.165, 1.54) is 53.6 Å². The number of hydrogen-bond donors (Lipinski definition) is 0. The quantitative estimate of drug-likeness (QED) is 0.553. The van der Waals surface area contributed by atoms with Crippen LogP contribution in [0.25, 0.3) is 10.6 Å². The lowest BCUT2D eigenvalue weighted by molar-refractivity contribution is 0.141. The molecule has 4 rings (SSSR count). The first kappa shape index (κ1) is 17.4. The van der Waals surface area contributed by atoms with Crippen LogP contribution >= 0.6 is 11.3 Å². The summed E-state index contributed by atoms with van der Waals surface area (Å²) in [5.74, 6) is 0. The summed E-state index contributed by atoms with van der Waals surface area (Å²) < 4.78 is 0. The summed E-state index contributed by atoms with van der Waals surface area (Å²) >= 11 is 1.73. The van der Waals surface area contributed by atoms with E-state index in [4.69, 9.17) is 0 Å². The molecule has 0 aliphatic carbocycles. The van der Waals surface area contributed by atoms with Gasteiger partial charge in [0.15, 0.2) is 0 Å². The van der Waals surface area contributed by atoms with Crippen molar-refractivity contribution >= 4 is 11.3 Å². The van der Waals surface area contributed by atoms with Crippen LogP contribution in [0.5, 0.6) is 0 Å². The number of hydrogen-bond acceptors (Lipinski definition) is 3. The van der Waals surface area contributed by atoms with Gasteiger partial charge in [0.1, 0.15) is 5.01 Å². The van der Waals surface area contributed by atoms with E-state index in [0.29, 0.717) is 6.04 Å². The molecule has 2 nitrogen and oxygen atoms in total. The molecule has 1 aliphatic heterocycles. The lowest BCUT2D eigenvalue weighted by Crippen LogP contribution is -2.33. The lowest BCUT2D eigenvalue weighted by atomic mass is 9.91. The molecule has 0 saturated carbocycles. The van der Waals surface area contributed by atoms with Gasteiger partial charge < -0.3 is 0 Å². The fraction of sp³-hybridized carbons (Fsp3) is 0.348. The SMILES string of the molecule is Cc1ccc(CN2CCCCC2c2ccccc2-c2nccs2)cc1C. The Bertz CT molecular complexity index is 870. The molecule has 1 atom stereocenters. The first-order valence-corrected chi connectivity index (χ1v) is 10.4. The van der Waals surface area contributed by atoms with E-state index in [2.05, 4.69) is 71.6 Å². The van der Waals surface area contributed by atoms with Crippen LogP contribution < -0.4 is 0 Å². The summed E-state index contributed by atoms with van der Waals surface area (Å²) in [5, 5.41) is 3.21. The van der Waals surface area contributed by atoms with Crippen LogP contribution in [0, 0.1) is 13.8 Å². The van der Waals surface area contributed by atoms with Gasteiger partial charge in [-0.15, -0.1) is 11.3 Å². The highest BCUT2D eigenvalue weighted by molar-refractivity contribution is 7.13. The Balaban J connectivity index is 1.65. The van der Waals surface area contributed by atoms with Crippen molar-refractivity contribution in [2.24, 2.45) is 0 Å². The van der Waals surface area contributed by atoms with Crippen LogP contribution in [0.3, 0.4) is 0 Å². The molecule has 1 fully saturated rings. The minimum absolute atomic E-state index is 0.477. The maximum atomic E-state index is 4.57. The Kier molecular flexibility index (Phi) is 5.18. The summed E-state index contributed by atoms with van der Waals surface area (Å²) in [5.41, 5.74) is 6.93. The Morgan fingerprint density at radius 1 is 1.08 bits per heavy atom. The second-order valence-electron chi connectivity index (χ2n) is 7.33. The largest absolute Gasteiger partial charge is 0.292 e. The third-order valence-electron chi connectivity index (χ3n) is 5.55. The zero-order valence-electron chi connectivity index (χ0n) is 15.6. The van der Waals surface area contributed by atoms with Crippen molar-refractivity contribution in [1.82, 2.24) is 9.88 Å². The Morgan fingerprint density at radius 2 is 1.96 bits per heavy atom. The molecule has 0 radical (unpaired) electrons. The number of rotatable bonds is 4. The topological polar surface area (TPSA) is 16.1 Å². The van der Waals surface area contributed by atoms with Gasteiger partial charge in [-0.25, -0.2) is 4.98 Å². The molecular formula is C23H26N2S. The zero-order valence-corrected chi connectivity index (χ0v) is 16.4. The Labute approximate surface area is 160 Å². The molecule has 0 amide bonds. The number of aryl methyl sites for hydroxylation is 2. The van der Waals surface area contributed by atoms with Gasteiger partial charge in [0.25, 0.3) is 0 Å². The molecule has 1 aliphatic rings. The summed E-state index contributed by atoms with van der Waals surface area (Å²) in [7, 11) is 0. The van der Waals surface area contributed by atoms with Crippen molar-refractivity contribution in [2.45, 2.75) is 45.7 Å². The van der Waals surface area contributed by atoms with Crippen LogP contribution in [0.4, 0.5) is 0 Å². The van der Waals surface area contributed by atoms with Crippen LogP contribution in [-0.2, 0) is 6.54 Å². The van der Waals surface area contributed by atoms with Gasteiger partial charge in [0, 0.05) is 29.7 Å². The first-order valence-electron chi connectivity index (χ1n) is 9.51. The smallest absolute Gasteiger partial charge is 0.123 e.